The highest BCUT2D eigenvalue weighted by Gasteiger charge is 2.16. The average Bonchev–Trinajstić information content (AvgIpc) is 2.29. The van der Waals surface area contributed by atoms with Crippen LogP contribution in [0, 0.1) is 0 Å². The first-order chi connectivity index (χ1) is 6.95. The third-order valence-corrected chi connectivity index (χ3v) is 2.91. The summed E-state index contributed by atoms with van der Waals surface area (Å²) in [7, 11) is 0. The maximum Gasteiger partial charge on any atom is 0.127 e. The molecule has 0 atom stereocenters. The van der Waals surface area contributed by atoms with Crippen LogP contribution in [-0.4, -0.2) is 13.2 Å². The predicted molar refractivity (Wildman–Crippen MR) is 56.4 cm³/mol. The van der Waals surface area contributed by atoms with E-state index in [1.807, 2.05) is 0 Å². The summed E-state index contributed by atoms with van der Waals surface area (Å²) in [6.45, 7) is 2.78. The molecule has 2 aliphatic heterocycles. The lowest BCUT2D eigenvalue weighted by Crippen LogP contribution is -2.24. The van der Waals surface area contributed by atoms with Crippen LogP contribution in [0.4, 0.5) is 0 Å². The van der Waals surface area contributed by atoms with E-state index < -0.39 is 0 Å². The molecule has 2 nitrogen and oxygen atoms in total. The molecule has 2 heterocycles. The van der Waals surface area contributed by atoms with Gasteiger partial charge in [0.25, 0.3) is 0 Å². The summed E-state index contributed by atoms with van der Waals surface area (Å²) in [4.78, 5) is 0. The predicted octanol–water partition coefficient (Wildman–Crippen LogP) is 1.74. The fraction of sp³-hybridized carbons (Fsp3) is 0.333. The molecule has 1 N–H and O–H groups in total. The second-order valence-electron chi connectivity index (χ2n) is 3.76. The van der Waals surface area contributed by atoms with Gasteiger partial charge < -0.3 is 10.1 Å². The minimum absolute atomic E-state index is 0.708. The van der Waals surface area contributed by atoms with Gasteiger partial charge in [0, 0.05) is 12.1 Å². The Hall–Kier alpha value is -1.28. The first-order valence-electron chi connectivity index (χ1n) is 5.10. The molecule has 0 saturated carbocycles. The Bertz CT molecular complexity index is 396. The lowest BCUT2D eigenvalue weighted by Gasteiger charge is -2.23. The summed E-state index contributed by atoms with van der Waals surface area (Å²) in [5.74, 6) is 1.04. The first kappa shape index (κ1) is 8.06. The molecule has 0 aliphatic carbocycles. The molecule has 0 aromatic heterocycles. The quantitative estimate of drug-likeness (QED) is 0.668. The van der Waals surface area contributed by atoms with Crippen molar-refractivity contribution in [2.24, 2.45) is 0 Å². The van der Waals surface area contributed by atoms with Crippen LogP contribution in [0.15, 0.2) is 18.2 Å². The van der Waals surface area contributed by atoms with E-state index in [1.54, 1.807) is 0 Å². The molecule has 3 rings (SSSR count). The largest absolute Gasteiger partial charge is 0.489 e. The Morgan fingerprint density at radius 1 is 1.29 bits per heavy atom. The van der Waals surface area contributed by atoms with Gasteiger partial charge in [0.2, 0.25) is 0 Å². The third kappa shape index (κ3) is 1.15. The minimum Gasteiger partial charge on any atom is -0.489 e. The van der Waals surface area contributed by atoms with Crippen molar-refractivity contribution in [3.63, 3.8) is 0 Å². The van der Waals surface area contributed by atoms with E-state index in [1.165, 1.54) is 16.7 Å². The molecule has 0 fully saturated rings. The van der Waals surface area contributed by atoms with Gasteiger partial charge in [-0.15, -0.1) is 0 Å². The van der Waals surface area contributed by atoms with Gasteiger partial charge in [0.1, 0.15) is 12.4 Å². The highest BCUT2D eigenvalue weighted by atomic mass is 16.5. The van der Waals surface area contributed by atoms with Crippen LogP contribution in [0.1, 0.15) is 16.7 Å². The van der Waals surface area contributed by atoms with Crippen molar-refractivity contribution in [1.29, 1.82) is 0 Å². The summed E-state index contributed by atoms with van der Waals surface area (Å²) in [5, 5.41) is 3.40. The van der Waals surface area contributed by atoms with E-state index in [0.717, 1.165) is 25.3 Å². The second-order valence-corrected chi connectivity index (χ2v) is 3.76. The van der Waals surface area contributed by atoms with Crippen LogP contribution in [0.25, 0.3) is 6.08 Å². The Balaban J connectivity index is 2.18. The van der Waals surface area contributed by atoms with E-state index in [2.05, 4.69) is 29.6 Å². The van der Waals surface area contributed by atoms with E-state index in [4.69, 9.17) is 4.74 Å². The normalized spacial score (nSPS) is 18.3. The van der Waals surface area contributed by atoms with Gasteiger partial charge in [0.05, 0.1) is 0 Å². The lowest BCUT2D eigenvalue weighted by atomic mass is 9.94. The molecule has 0 saturated heterocycles. The van der Waals surface area contributed by atoms with Crippen molar-refractivity contribution in [2.45, 2.75) is 13.0 Å². The van der Waals surface area contributed by atoms with E-state index in [9.17, 15) is 0 Å². The zero-order chi connectivity index (χ0) is 9.38. The minimum atomic E-state index is 0.708. The van der Waals surface area contributed by atoms with Crippen molar-refractivity contribution < 1.29 is 4.74 Å². The number of hydrogen-bond donors (Lipinski definition) is 1. The molecule has 0 unspecified atom stereocenters. The zero-order valence-electron chi connectivity index (χ0n) is 8.05. The topological polar surface area (TPSA) is 21.3 Å². The van der Waals surface area contributed by atoms with Crippen LogP contribution < -0.4 is 10.1 Å². The molecular formula is C12H13NO. The van der Waals surface area contributed by atoms with Gasteiger partial charge in [-0.05, 0) is 36.2 Å². The smallest absolute Gasteiger partial charge is 0.127 e. The van der Waals surface area contributed by atoms with Gasteiger partial charge in [-0.3, -0.25) is 0 Å². The fourth-order valence-electron chi connectivity index (χ4n) is 2.18. The highest BCUT2D eigenvalue weighted by molar-refractivity contribution is 5.65. The highest BCUT2D eigenvalue weighted by Crippen LogP contribution is 2.30. The fourth-order valence-corrected chi connectivity index (χ4v) is 2.18. The number of rotatable bonds is 0. The van der Waals surface area contributed by atoms with Crippen molar-refractivity contribution in [1.82, 2.24) is 5.32 Å². The van der Waals surface area contributed by atoms with Crippen LogP contribution in [0.5, 0.6) is 5.75 Å². The summed E-state index contributed by atoms with van der Waals surface area (Å²) < 4.78 is 5.57. The van der Waals surface area contributed by atoms with Gasteiger partial charge in [0.15, 0.2) is 0 Å². The molecule has 1 aromatic carbocycles. The molecule has 0 radical (unpaired) electrons. The molecule has 2 aliphatic rings. The van der Waals surface area contributed by atoms with Gasteiger partial charge >= 0.3 is 0 Å². The molecule has 1 aromatic rings. The Kier molecular flexibility index (Phi) is 1.81. The maximum atomic E-state index is 5.57. The van der Waals surface area contributed by atoms with Crippen molar-refractivity contribution >= 4 is 6.08 Å². The van der Waals surface area contributed by atoms with Crippen LogP contribution >= 0.6 is 0 Å². The van der Waals surface area contributed by atoms with Crippen molar-refractivity contribution in [3.05, 3.63) is 34.9 Å². The van der Waals surface area contributed by atoms with Gasteiger partial charge in [-0.2, -0.15) is 0 Å². The average molecular weight is 187 g/mol. The summed E-state index contributed by atoms with van der Waals surface area (Å²) in [6, 6.07) is 4.30. The zero-order valence-corrected chi connectivity index (χ0v) is 8.05. The number of benzene rings is 1. The molecule has 14 heavy (non-hydrogen) atoms. The molecule has 0 bridgehead atoms. The monoisotopic (exact) mass is 187 g/mol. The van der Waals surface area contributed by atoms with Crippen molar-refractivity contribution in [3.8, 4) is 5.75 Å². The van der Waals surface area contributed by atoms with Gasteiger partial charge in [-0.25, -0.2) is 0 Å². The van der Waals surface area contributed by atoms with Crippen molar-refractivity contribution in [2.75, 3.05) is 13.2 Å². The Morgan fingerprint density at radius 2 is 2.29 bits per heavy atom. The van der Waals surface area contributed by atoms with E-state index >= 15 is 0 Å². The lowest BCUT2D eigenvalue weighted by molar-refractivity contribution is 0.357. The molecule has 72 valence electrons. The number of nitrogens with one attached hydrogen (secondary N) is 1. The second kappa shape index (κ2) is 3.14. The maximum absolute atomic E-state index is 5.57. The first-order valence-corrected chi connectivity index (χ1v) is 5.10. The third-order valence-electron chi connectivity index (χ3n) is 2.91. The standard InChI is InChI=1S/C12H13NO/c1-2-10-11-8-13-6-5-9(11)3-4-12(10)14-7-1/h1-4,13H,5-8H2. The summed E-state index contributed by atoms with van der Waals surface area (Å²) >= 11 is 0. The molecular weight excluding hydrogens is 174 g/mol. The Morgan fingerprint density at radius 3 is 3.29 bits per heavy atom. The van der Waals surface area contributed by atoms with Crippen LogP contribution in [0.2, 0.25) is 0 Å². The SMILES string of the molecule is C1=Cc2c(ccc3c2CNCC3)OC1. The number of ether oxygens (including phenoxy) is 1. The van der Waals surface area contributed by atoms with Crippen LogP contribution in [-0.2, 0) is 13.0 Å². The number of hydrogen-bond acceptors (Lipinski definition) is 2. The van der Waals surface area contributed by atoms with E-state index in [0.29, 0.717) is 6.61 Å². The summed E-state index contributed by atoms with van der Waals surface area (Å²) in [5.41, 5.74) is 4.17. The summed E-state index contributed by atoms with van der Waals surface area (Å²) in [6.07, 6.45) is 5.40. The molecule has 0 amide bonds. The van der Waals surface area contributed by atoms with E-state index in [-0.39, 0.29) is 0 Å². The van der Waals surface area contributed by atoms with Gasteiger partial charge in [-0.1, -0.05) is 12.1 Å². The molecule has 0 spiro atoms. The Labute approximate surface area is 83.6 Å². The molecule has 2 heteroatoms. The number of fused-ring (bicyclic) bond motifs is 3. The van der Waals surface area contributed by atoms with Crippen LogP contribution in [0.3, 0.4) is 0 Å².